The standard InChI is InChI=1S/C22H22ClN5O/c23-17-10-15-4-3-13(7-18(15)27-21(17)24)1-2-14-8-19(20(29)9-14)28-6-5-16-11-25-12-26-22(16)28/h3-7,10-12,14,19-20,29H,1-2,8-9H2,(H2,24,27). The molecule has 3 N–H and O–H groups in total. The van der Waals surface area contributed by atoms with Gasteiger partial charge in [-0.15, -0.1) is 0 Å². The van der Waals surface area contributed by atoms with Gasteiger partial charge in [0.1, 0.15) is 17.8 Å². The van der Waals surface area contributed by atoms with E-state index in [2.05, 4.69) is 31.7 Å². The van der Waals surface area contributed by atoms with Crippen molar-refractivity contribution < 1.29 is 5.11 Å². The van der Waals surface area contributed by atoms with E-state index in [0.717, 1.165) is 47.6 Å². The maximum Gasteiger partial charge on any atom is 0.143 e. The van der Waals surface area contributed by atoms with Crippen LogP contribution in [0.3, 0.4) is 0 Å². The van der Waals surface area contributed by atoms with E-state index in [-0.39, 0.29) is 12.1 Å². The molecule has 0 aliphatic heterocycles. The average Bonchev–Trinajstić information content (AvgIpc) is 3.30. The lowest BCUT2D eigenvalue weighted by atomic mass is 9.97. The Morgan fingerprint density at radius 1 is 1.17 bits per heavy atom. The third-order valence-electron chi connectivity index (χ3n) is 6.03. The Hall–Kier alpha value is -2.70. The number of nitrogen functional groups attached to an aromatic ring is 1. The lowest BCUT2D eigenvalue weighted by Crippen LogP contribution is -2.17. The number of fused-ring (bicyclic) bond motifs is 2. The molecule has 148 valence electrons. The predicted molar refractivity (Wildman–Crippen MR) is 115 cm³/mol. The van der Waals surface area contributed by atoms with Crippen molar-refractivity contribution in [3.05, 3.63) is 59.6 Å². The third-order valence-corrected chi connectivity index (χ3v) is 6.34. The number of aryl methyl sites for hydroxylation is 1. The summed E-state index contributed by atoms with van der Waals surface area (Å²) in [6.07, 6.45) is 8.75. The first-order valence-electron chi connectivity index (χ1n) is 9.88. The molecule has 0 amide bonds. The summed E-state index contributed by atoms with van der Waals surface area (Å²) >= 11 is 6.06. The summed E-state index contributed by atoms with van der Waals surface area (Å²) in [4.78, 5) is 12.9. The fourth-order valence-corrected chi connectivity index (χ4v) is 4.68. The number of pyridine rings is 1. The molecule has 3 atom stereocenters. The summed E-state index contributed by atoms with van der Waals surface area (Å²) in [6.45, 7) is 0. The molecule has 0 bridgehead atoms. The van der Waals surface area contributed by atoms with Crippen LogP contribution < -0.4 is 5.73 Å². The van der Waals surface area contributed by atoms with E-state index < -0.39 is 0 Å². The van der Waals surface area contributed by atoms with Crippen LogP contribution in [0.25, 0.3) is 21.9 Å². The highest BCUT2D eigenvalue weighted by molar-refractivity contribution is 6.33. The van der Waals surface area contributed by atoms with E-state index in [1.54, 1.807) is 6.33 Å². The van der Waals surface area contributed by atoms with E-state index in [4.69, 9.17) is 17.3 Å². The van der Waals surface area contributed by atoms with Crippen molar-refractivity contribution in [2.24, 2.45) is 5.92 Å². The molecule has 5 rings (SSSR count). The minimum Gasteiger partial charge on any atom is -0.391 e. The number of nitrogens with zero attached hydrogens (tertiary/aromatic N) is 4. The van der Waals surface area contributed by atoms with E-state index in [9.17, 15) is 5.11 Å². The molecule has 1 aliphatic carbocycles. The molecule has 0 saturated heterocycles. The Balaban J connectivity index is 1.29. The second-order valence-electron chi connectivity index (χ2n) is 7.92. The Bertz CT molecular complexity index is 1190. The molecule has 1 aromatic carbocycles. The van der Waals surface area contributed by atoms with Crippen LogP contribution in [-0.4, -0.2) is 30.7 Å². The number of halogens is 1. The predicted octanol–water partition coefficient (Wildman–Crippen LogP) is 4.16. The topological polar surface area (TPSA) is 89.8 Å². The largest absolute Gasteiger partial charge is 0.391 e. The van der Waals surface area contributed by atoms with Gasteiger partial charge in [0.2, 0.25) is 0 Å². The molecule has 0 spiro atoms. The Morgan fingerprint density at radius 2 is 2.07 bits per heavy atom. The highest BCUT2D eigenvalue weighted by Gasteiger charge is 2.34. The number of aliphatic hydroxyl groups excluding tert-OH is 1. The van der Waals surface area contributed by atoms with Crippen LogP contribution in [0.5, 0.6) is 0 Å². The summed E-state index contributed by atoms with van der Waals surface area (Å²) in [7, 11) is 0. The van der Waals surface area contributed by atoms with Crippen molar-refractivity contribution in [2.45, 2.75) is 37.8 Å². The number of aromatic nitrogens is 4. The van der Waals surface area contributed by atoms with E-state index in [0.29, 0.717) is 16.8 Å². The maximum absolute atomic E-state index is 10.7. The van der Waals surface area contributed by atoms with Gasteiger partial charge >= 0.3 is 0 Å². The van der Waals surface area contributed by atoms with Crippen molar-refractivity contribution in [3.8, 4) is 0 Å². The first kappa shape index (κ1) is 18.3. The van der Waals surface area contributed by atoms with Crippen molar-refractivity contribution in [1.29, 1.82) is 0 Å². The molecule has 0 radical (unpaired) electrons. The molecule has 4 aromatic rings. The Morgan fingerprint density at radius 3 is 2.97 bits per heavy atom. The molecular formula is C22H22ClN5O. The minimum absolute atomic E-state index is 0.0626. The van der Waals surface area contributed by atoms with E-state index in [1.807, 2.05) is 30.6 Å². The van der Waals surface area contributed by atoms with Crippen LogP contribution >= 0.6 is 11.6 Å². The van der Waals surface area contributed by atoms with E-state index in [1.165, 1.54) is 5.56 Å². The Labute approximate surface area is 173 Å². The molecular weight excluding hydrogens is 386 g/mol. The molecule has 6 nitrogen and oxygen atoms in total. The number of nitrogens with two attached hydrogens (primary N) is 1. The van der Waals surface area contributed by atoms with Gasteiger partial charge in [-0.05, 0) is 55.4 Å². The van der Waals surface area contributed by atoms with Gasteiger partial charge in [0.15, 0.2) is 0 Å². The number of benzene rings is 1. The van der Waals surface area contributed by atoms with Gasteiger partial charge in [-0.25, -0.2) is 15.0 Å². The van der Waals surface area contributed by atoms with Crippen molar-refractivity contribution in [3.63, 3.8) is 0 Å². The fourth-order valence-electron chi connectivity index (χ4n) is 4.52. The second kappa shape index (κ2) is 7.28. The number of hydrogen-bond donors (Lipinski definition) is 2. The summed E-state index contributed by atoms with van der Waals surface area (Å²) in [5, 5.41) is 13.2. The van der Waals surface area contributed by atoms with Gasteiger partial charge < -0.3 is 15.4 Å². The molecule has 3 aromatic heterocycles. The monoisotopic (exact) mass is 407 g/mol. The summed E-state index contributed by atoms with van der Waals surface area (Å²) in [5.74, 6) is 0.828. The first-order chi connectivity index (χ1) is 14.1. The quantitative estimate of drug-likeness (QED) is 0.530. The van der Waals surface area contributed by atoms with Crippen LogP contribution in [0.4, 0.5) is 5.82 Å². The van der Waals surface area contributed by atoms with Gasteiger partial charge in [0, 0.05) is 23.2 Å². The van der Waals surface area contributed by atoms with Crippen molar-refractivity contribution >= 4 is 39.4 Å². The summed E-state index contributed by atoms with van der Waals surface area (Å²) in [5.41, 5.74) is 8.83. The van der Waals surface area contributed by atoms with Crippen LogP contribution in [0.2, 0.25) is 5.02 Å². The highest BCUT2D eigenvalue weighted by Crippen LogP contribution is 2.39. The smallest absolute Gasteiger partial charge is 0.143 e. The van der Waals surface area contributed by atoms with Crippen LogP contribution in [0, 0.1) is 5.92 Å². The maximum atomic E-state index is 10.7. The molecule has 7 heteroatoms. The number of rotatable bonds is 4. The van der Waals surface area contributed by atoms with Crippen LogP contribution in [0.15, 0.2) is 49.1 Å². The lowest BCUT2D eigenvalue weighted by Gasteiger charge is -2.17. The molecule has 29 heavy (non-hydrogen) atoms. The van der Waals surface area contributed by atoms with Gasteiger partial charge in [-0.2, -0.15) is 0 Å². The van der Waals surface area contributed by atoms with Gasteiger partial charge in [-0.3, -0.25) is 0 Å². The molecule has 3 unspecified atom stereocenters. The van der Waals surface area contributed by atoms with E-state index >= 15 is 0 Å². The Kier molecular flexibility index (Phi) is 4.60. The van der Waals surface area contributed by atoms with Gasteiger partial charge in [-0.1, -0.05) is 23.7 Å². The fraction of sp³-hybridized carbons (Fsp3) is 0.318. The van der Waals surface area contributed by atoms with Crippen LogP contribution in [-0.2, 0) is 6.42 Å². The van der Waals surface area contributed by atoms with Crippen molar-refractivity contribution in [2.75, 3.05) is 5.73 Å². The number of aliphatic hydroxyl groups is 1. The van der Waals surface area contributed by atoms with Crippen molar-refractivity contribution in [1.82, 2.24) is 19.5 Å². The zero-order chi connectivity index (χ0) is 20.0. The average molecular weight is 408 g/mol. The highest BCUT2D eigenvalue weighted by atomic mass is 35.5. The first-order valence-corrected chi connectivity index (χ1v) is 10.3. The zero-order valence-corrected chi connectivity index (χ0v) is 16.6. The van der Waals surface area contributed by atoms with Gasteiger partial charge in [0.25, 0.3) is 0 Å². The second-order valence-corrected chi connectivity index (χ2v) is 8.33. The minimum atomic E-state index is -0.356. The molecule has 1 saturated carbocycles. The molecule has 3 heterocycles. The van der Waals surface area contributed by atoms with Gasteiger partial charge in [0.05, 0.1) is 22.7 Å². The third kappa shape index (κ3) is 3.43. The molecule has 1 fully saturated rings. The summed E-state index contributed by atoms with van der Waals surface area (Å²) in [6, 6.07) is 10.2. The number of anilines is 1. The number of hydrogen-bond acceptors (Lipinski definition) is 5. The van der Waals surface area contributed by atoms with Crippen LogP contribution in [0.1, 0.15) is 30.9 Å². The SMILES string of the molecule is Nc1nc2cc(CCC3CC(O)C(n4ccc5cncnc54)C3)ccc2cc1Cl. The lowest BCUT2D eigenvalue weighted by molar-refractivity contribution is 0.136. The summed E-state index contributed by atoms with van der Waals surface area (Å²) < 4.78 is 2.11. The molecule has 1 aliphatic rings. The normalized spacial score (nSPS) is 21.9. The zero-order valence-electron chi connectivity index (χ0n) is 15.9.